The molecule has 0 aliphatic carbocycles. The zero-order chi connectivity index (χ0) is 21.3. The van der Waals surface area contributed by atoms with Crippen molar-refractivity contribution < 1.29 is 14.3 Å². The fourth-order valence-electron chi connectivity index (χ4n) is 2.66. The summed E-state index contributed by atoms with van der Waals surface area (Å²) in [5, 5.41) is 6.36. The van der Waals surface area contributed by atoms with Crippen LogP contribution in [0.1, 0.15) is 16.8 Å². The summed E-state index contributed by atoms with van der Waals surface area (Å²) < 4.78 is 5.24. The van der Waals surface area contributed by atoms with Gasteiger partial charge in [-0.3, -0.25) is 9.59 Å². The number of carbonyl (C=O) groups is 2. The molecule has 0 aliphatic heterocycles. The van der Waals surface area contributed by atoms with Crippen molar-refractivity contribution in [1.29, 1.82) is 0 Å². The van der Waals surface area contributed by atoms with Gasteiger partial charge < -0.3 is 15.4 Å². The number of benzene rings is 3. The third-order valence-electron chi connectivity index (χ3n) is 4.20. The quantitative estimate of drug-likeness (QED) is 0.439. The molecule has 30 heavy (non-hydrogen) atoms. The summed E-state index contributed by atoms with van der Waals surface area (Å²) >= 11 is 7.46. The number of halogens is 1. The van der Waals surface area contributed by atoms with E-state index in [4.69, 9.17) is 16.3 Å². The molecule has 0 radical (unpaired) electrons. The Morgan fingerprint density at radius 1 is 0.933 bits per heavy atom. The predicted molar refractivity (Wildman–Crippen MR) is 123 cm³/mol. The average Bonchev–Trinajstić information content (AvgIpc) is 2.76. The Morgan fingerprint density at radius 2 is 1.63 bits per heavy atom. The van der Waals surface area contributed by atoms with E-state index in [1.165, 1.54) is 0 Å². The number of rotatable bonds is 8. The van der Waals surface area contributed by atoms with Gasteiger partial charge in [0.05, 0.1) is 12.8 Å². The molecule has 0 aliphatic rings. The highest BCUT2D eigenvalue weighted by Crippen LogP contribution is 2.24. The van der Waals surface area contributed by atoms with Crippen LogP contribution in [0, 0.1) is 0 Å². The van der Waals surface area contributed by atoms with Gasteiger partial charge in [0.15, 0.2) is 0 Å². The summed E-state index contributed by atoms with van der Waals surface area (Å²) in [6.07, 6.45) is 0.378. The fourth-order valence-corrected chi connectivity index (χ4v) is 3.64. The fraction of sp³-hybridized carbons (Fsp3) is 0.130. The maximum Gasteiger partial charge on any atom is 0.255 e. The first-order valence-electron chi connectivity index (χ1n) is 9.28. The Hall–Kier alpha value is -2.96. The van der Waals surface area contributed by atoms with E-state index in [2.05, 4.69) is 10.6 Å². The zero-order valence-electron chi connectivity index (χ0n) is 16.4. The lowest BCUT2D eigenvalue weighted by atomic mass is 10.2. The molecule has 154 valence electrons. The first-order chi connectivity index (χ1) is 14.5. The van der Waals surface area contributed by atoms with Crippen LogP contribution in [0.15, 0.2) is 77.7 Å². The van der Waals surface area contributed by atoms with Crippen molar-refractivity contribution in [1.82, 2.24) is 0 Å². The van der Waals surface area contributed by atoms with Gasteiger partial charge in [0, 0.05) is 33.3 Å². The lowest BCUT2D eigenvalue weighted by Gasteiger charge is -2.10. The molecule has 3 aromatic carbocycles. The highest BCUT2D eigenvalue weighted by atomic mass is 35.5. The molecule has 5 nitrogen and oxygen atoms in total. The second-order valence-corrected chi connectivity index (χ2v) is 7.94. The molecule has 0 aromatic heterocycles. The molecule has 0 spiro atoms. The van der Waals surface area contributed by atoms with Crippen LogP contribution in [-0.2, 0) is 4.79 Å². The average molecular weight is 441 g/mol. The molecule has 0 heterocycles. The van der Waals surface area contributed by atoms with Crippen molar-refractivity contribution in [2.24, 2.45) is 0 Å². The Bertz CT molecular complexity index is 1010. The van der Waals surface area contributed by atoms with Crippen LogP contribution in [0.2, 0.25) is 5.02 Å². The number of hydrogen-bond donors (Lipinski definition) is 2. The summed E-state index contributed by atoms with van der Waals surface area (Å²) in [4.78, 5) is 25.7. The van der Waals surface area contributed by atoms with E-state index in [9.17, 15) is 9.59 Å². The minimum atomic E-state index is -0.253. The van der Waals surface area contributed by atoms with Crippen LogP contribution in [0.5, 0.6) is 5.75 Å². The van der Waals surface area contributed by atoms with Crippen molar-refractivity contribution in [2.45, 2.75) is 11.3 Å². The standard InChI is InChI=1S/C23H21ClN2O3S/c1-29-21-5-3-2-4-20(21)26-23(28)16-6-10-18(11-7-16)25-22(27)14-15-30-19-12-8-17(24)9-13-19/h2-13H,14-15H2,1H3,(H,25,27)(H,26,28). The van der Waals surface area contributed by atoms with E-state index in [-0.39, 0.29) is 11.8 Å². The first-order valence-corrected chi connectivity index (χ1v) is 10.6. The highest BCUT2D eigenvalue weighted by Gasteiger charge is 2.10. The Labute approximate surface area is 184 Å². The van der Waals surface area contributed by atoms with Crippen LogP contribution in [0.3, 0.4) is 0 Å². The Kier molecular flexibility index (Phi) is 7.76. The van der Waals surface area contributed by atoms with Gasteiger partial charge in [-0.05, 0) is 60.7 Å². The molecule has 0 saturated heterocycles. The van der Waals surface area contributed by atoms with Gasteiger partial charge in [-0.1, -0.05) is 23.7 Å². The van der Waals surface area contributed by atoms with Gasteiger partial charge in [0.2, 0.25) is 5.91 Å². The molecule has 3 rings (SSSR count). The minimum absolute atomic E-state index is 0.0808. The molecule has 2 amide bonds. The Morgan fingerprint density at radius 3 is 2.33 bits per heavy atom. The van der Waals surface area contributed by atoms with Crippen molar-refractivity contribution >= 4 is 46.6 Å². The van der Waals surface area contributed by atoms with Crippen LogP contribution < -0.4 is 15.4 Å². The third-order valence-corrected chi connectivity index (χ3v) is 5.46. The number of nitrogens with one attached hydrogen (secondary N) is 2. The molecule has 0 bridgehead atoms. The monoisotopic (exact) mass is 440 g/mol. The molecule has 0 fully saturated rings. The van der Waals surface area contributed by atoms with E-state index in [0.717, 1.165) is 4.90 Å². The second kappa shape index (κ2) is 10.7. The van der Waals surface area contributed by atoms with Crippen LogP contribution in [0.4, 0.5) is 11.4 Å². The number of anilines is 2. The summed E-state index contributed by atoms with van der Waals surface area (Å²) in [7, 11) is 1.55. The molecule has 0 saturated carbocycles. The number of ether oxygens (including phenoxy) is 1. The van der Waals surface area contributed by atoms with Crippen LogP contribution in [0.25, 0.3) is 0 Å². The Balaban J connectivity index is 1.49. The lowest BCUT2D eigenvalue weighted by molar-refractivity contribution is -0.115. The number of carbonyl (C=O) groups excluding carboxylic acids is 2. The topological polar surface area (TPSA) is 67.4 Å². The molecule has 0 atom stereocenters. The van der Waals surface area contributed by atoms with E-state index in [0.29, 0.717) is 39.9 Å². The van der Waals surface area contributed by atoms with Crippen LogP contribution in [-0.4, -0.2) is 24.7 Å². The summed E-state index contributed by atoms with van der Waals surface area (Å²) in [6.45, 7) is 0. The van der Waals surface area contributed by atoms with E-state index in [1.54, 1.807) is 55.3 Å². The summed E-state index contributed by atoms with van der Waals surface area (Å²) in [5.74, 6) is 0.915. The molecular weight excluding hydrogens is 420 g/mol. The number of para-hydroxylation sites is 2. The van der Waals surface area contributed by atoms with Gasteiger partial charge in [0.1, 0.15) is 5.75 Å². The molecule has 2 N–H and O–H groups in total. The van der Waals surface area contributed by atoms with Gasteiger partial charge in [0.25, 0.3) is 5.91 Å². The second-order valence-electron chi connectivity index (χ2n) is 6.33. The van der Waals surface area contributed by atoms with E-state index < -0.39 is 0 Å². The summed E-state index contributed by atoms with van der Waals surface area (Å²) in [5.41, 5.74) is 1.73. The van der Waals surface area contributed by atoms with E-state index in [1.807, 2.05) is 36.4 Å². The maximum atomic E-state index is 12.4. The van der Waals surface area contributed by atoms with Crippen molar-refractivity contribution in [3.05, 3.63) is 83.4 Å². The summed E-state index contributed by atoms with van der Waals surface area (Å²) in [6, 6.07) is 21.5. The lowest BCUT2D eigenvalue weighted by Crippen LogP contribution is -2.14. The number of thioether (sulfide) groups is 1. The molecular formula is C23H21ClN2O3S. The predicted octanol–water partition coefficient (Wildman–Crippen LogP) is 5.72. The van der Waals surface area contributed by atoms with Crippen molar-refractivity contribution in [3.8, 4) is 5.75 Å². The molecule has 0 unspecified atom stereocenters. The van der Waals surface area contributed by atoms with Crippen molar-refractivity contribution in [3.63, 3.8) is 0 Å². The molecule has 7 heteroatoms. The van der Waals surface area contributed by atoms with Gasteiger partial charge >= 0.3 is 0 Å². The SMILES string of the molecule is COc1ccccc1NC(=O)c1ccc(NC(=O)CCSc2ccc(Cl)cc2)cc1. The van der Waals surface area contributed by atoms with Gasteiger partial charge in [-0.2, -0.15) is 0 Å². The van der Waals surface area contributed by atoms with Gasteiger partial charge in [-0.15, -0.1) is 11.8 Å². The molecule has 3 aromatic rings. The number of methoxy groups -OCH3 is 1. The smallest absolute Gasteiger partial charge is 0.255 e. The number of hydrogen-bond acceptors (Lipinski definition) is 4. The van der Waals surface area contributed by atoms with Gasteiger partial charge in [-0.25, -0.2) is 0 Å². The minimum Gasteiger partial charge on any atom is -0.495 e. The third kappa shape index (κ3) is 6.27. The van der Waals surface area contributed by atoms with E-state index >= 15 is 0 Å². The zero-order valence-corrected chi connectivity index (χ0v) is 17.9. The first kappa shape index (κ1) is 21.7. The number of amides is 2. The van der Waals surface area contributed by atoms with Crippen molar-refractivity contribution in [2.75, 3.05) is 23.5 Å². The van der Waals surface area contributed by atoms with Crippen LogP contribution >= 0.6 is 23.4 Å². The maximum absolute atomic E-state index is 12.4. The highest BCUT2D eigenvalue weighted by molar-refractivity contribution is 7.99. The normalized spacial score (nSPS) is 10.3. The largest absolute Gasteiger partial charge is 0.495 e.